The van der Waals surface area contributed by atoms with Crippen LogP contribution in [0.1, 0.15) is 43.2 Å². The molecule has 0 saturated carbocycles. The molecule has 0 radical (unpaired) electrons. The van der Waals surface area contributed by atoms with E-state index < -0.39 is 0 Å². The lowest BCUT2D eigenvalue weighted by atomic mass is 9.81. The van der Waals surface area contributed by atoms with E-state index in [-0.39, 0.29) is 0 Å². The first kappa shape index (κ1) is 7.85. The van der Waals surface area contributed by atoms with Crippen molar-refractivity contribution >= 4 is 0 Å². The van der Waals surface area contributed by atoms with Crippen LogP contribution in [0.5, 0.6) is 0 Å². The third kappa shape index (κ3) is 1.26. The first-order valence-electron chi connectivity index (χ1n) is 4.99. The topological polar surface area (TPSA) is 0 Å². The van der Waals surface area contributed by atoms with E-state index in [1.165, 1.54) is 25.7 Å². The molecular formula is C12H16. The Labute approximate surface area is 74.6 Å². The molecule has 64 valence electrons. The van der Waals surface area contributed by atoms with Crippen LogP contribution < -0.4 is 0 Å². The smallest absolute Gasteiger partial charge is 0.0162 e. The predicted octanol–water partition coefficient (Wildman–Crippen LogP) is 3.52. The zero-order valence-electron chi connectivity index (χ0n) is 7.72. The van der Waals surface area contributed by atoms with E-state index in [4.69, 9.17) is 0 Å². The van der Waals surface area contributed by atoms with E-state index in [0.29, 0.717) is 0 Å². The minimum atomic E-state index is 0.843. The summed E-state index contributed by atoms with van der Waals surface area (Å²) in [6.45, 7) is 2.30. The second-order valence-corrected chi connectivity index (χ2v) is 3.70. The number of hydrogen-bond donors (Lipinski definition) is 0. The fourth-order valence-electron chi connectivity index (χ4n) is 2.28. The van der Waals surface area contributed by atoms with Gasteiger partial charge in [-0.25, -0.2) is 0 Å². The molecule has 0 bridgehead atoms. The fourth-order valence-corrected chi connectivity index (χ4v) is 2.28. The molecule has 0 aromatic heterocycles. The van der Waals surface area contributed by atoms with Crippen LogP contribution in [0.15, 0.2) is 24.3 Å². The molecule has 2 rings (SSSR count). The van der Waals surface area contributed by atoms with Crippen molar-refractivity contribution < 1.29 is 0 Å². The van der Waals surface area contributed by atoms with E-state index in [9.17, 15) is 0 Å². The summed E-state index contributed by atoms with van der Waals surface area (Å²) in [6, 6.07) is 8.93. The molecule has 0 amide bonds. The maximum Gasteiger partial charge on any atom is -0.0162 e. The molecule has 0 fully saturated rings. The predicted molar refractivity (Wildman–Crippen MR) is 52.4 cm³/mol. The molecular weight excluding hydrogens is 144 g/mol. The average Bonchev–Trinajstić information content (AvgIpc) is 2.17. The molecule has 0 aliphatic heterocycles. The van der Waals surface area contributed by atoms with Gasteiger partial charge in [-0.2, -0.15) is 0 Å². The highest BCUT2D eigenvalue weighted by atomic mass is 14.2. The molecule has 1 aromatic carbocycles. The van der Waals surface area contributed by atoms with Crippen molar-refractivity contribution in [3.8, 4) is 0 Å². The van der Waals surface area contributed by atoms with Crippen LogP contribution in [0.4, 0.5) is 0 Å². The maximum atomic E-state index is 2.31. The number of aryl methyl sites for hydroxylation is 1. The van der Waals surface area contributed by atoms with Crippen LogP contribution in [-0.2, 0) is 6.42 Å². The lowest BCUT2D eigenvalue weighted by Crippen LogP contribution is -2.08. The highest BCUT2D eigenvalue weighted by molar-refractivity contribution is 5.32. The van der Waals surface area contributed by atoms with Crippen LogP contribution in [-0.4, -0.2) is 0 Å². The molecule has 1 aromatic rings. The molecule has 12 heavy (non-hydrogen) atoms. The van der Waals surface area contributed by atoms with E-state index >= 15 is 0 Å². The van der Waals surface area contributed by atoms with Crippen LogP contribution in [0.3, 0.4) is 0 Å². The highest BCUT2D eigenvalue weighted by Gasteiger charge is 2.17. The first-order valence-corrected chi connectivity index (χ1v) is 4.99. The van der Waals surface area contributed by atoms with Crippen molar-refractivity contribution in [3.63, 3.8) is 0 Å². The molecule has 1 aliphatic carbocycles. The Balaban J connectivity index is 2.37. The quantitative estimate of drug-likeness (QED) is 0.589. The number of fused-ring (bicyclic) bond motifs is 1. The van der Waals surface area contributed by atoms with Crippen molar-refractivity contribution in [2.24, 2.45) is 0 Å². The monoisotopic (exact) mass is 160 g/mol. The highest BCUT2D eigenvalue weighted by Crippen LogP contribution is 2.33. The molecule has 0 saturated heterocycles. The summed E-state index contributed by atoms with van der Waals surface area (Å²) in [6.07, 6.45) is 5.38. The lowest BCUT2D eigenvalue weighted by molar-refractivity contribution is 0.540. The van der Waals surface area contributed by atoms with Crippen molar-refractivity contribution in [2.45, 2.75) is 38.5 Å². The molecule has 0 nitrogen and oxygen atoms in total. The second kappa shape index (κ2) is 3.30. The van der Waals surface area contributed by atoms with Crippen molar-refractivity contribution in [3.05, 3.63) is 35.4 Å². The summed E-state index contributed by atoms with van der Waals surface area (Å²) in [7, 11) is 0. The Morgan fingerprint density at radius 1 is 1.33 bits per heavy atom. The molecule has 0 heterocycles. The zero-order valence-corrected chi connectivity index (χ0v) is 7.72. The maximum absolute atomic E-state index is 2.31. The Hall–Kier alpha value is -0.780. The molecule has 0 unspecified atom stereocenters. The SMILES string of the molecule is CC[C@H]1CCCc2ccccc21. The standard InChI is InChI=1S/C12H16/c1-2-10-7-5-8-11-6-3-4-9-12(10)11/h3-4,6,9-10H,2,5,7-8H2,1H3/t10-/m0/s1. The van der Waals surface area contributed by atoms with Gasteiger partial charge >= 0.3 is 0 Å². The summed E-state index contributed by atoms with van der Waals surface area (Å²) in [5.41, 5.74) is 3.21. The van der Waals surface area contributed by atoms with Gasteiger partial charge in [0.05, 0.1) is 0 Å². The van der Waals surface area contributed by atoms with Gasteiger partial charge < -0.3 is 0 Å². The Kier molecular flexibility index (Phi) is 2.16. The summed E-state index contributed by atoms with van der Waals surface area (Å²) in [5, 5.41) is 0. The molecule has 0 heteroatoms. The first-order chi connectivity index (χ1) is 5.92. The summed E-state index contributed by atoms with van der Waals surface area (Å²) >= 11 is 0. The van der Waals surface area contributed by atoms with Crippen LogP contribution in [0.25, 0.3) is 0 Å². The van der Waals surface area contributed by atoms with Gasteiger partial charge in [0, 0.05) is 0 Å². The zero-order chi connectivity index (χ0) is 8.39. The van der Waals surface area contributed by atoms with Crippen LogP contribution in [0.2, 0.25) is 0 Å². The Morgan fingerprint density at radius 2 is 2.17 bits per heavy atom. The summed E-state index contributed by atoms with van der Waals surface area (Å²) in [4.78, 5) is 0. The van der Waals surface area contributed by atoms with Crippen molar-refractivity contribution in [1.29, 1.82) is 0 Å². The number of benzene rings is 1. The fraction of sp³-hybridized carbons (Fsp3) is 0.500. The van der Waals surface area contributed by atoms with Gasteiger partial charge in [0.25, 0.3) is 0 Å². The number of hydrogen-bond acceptors (Lipinski definition) is 0. The largest absolute Gasteiger partial charge is 0.0648 e. The van der Waals surface area contributed by atoms with E-state index in [2.05, 4.69) is 31.2 Å². The lowest BCUT2D eigenvalue weighted by Gasteiger charge is -2.23. The summed E-state index contributed by atoms with van der Waals surface area (Å²) < 4.78 is 0. The normalized spacial score (nSPS) is 21.9. The second-order valence-electron chi connectivity index (χ2n) is 3.70. The van der Waals surface area contributed by atoms with Gasteiger partial charge in [-0.3, -0.25) is 0 Å². The third-order valence-electron chi connectivity index (χ3n) is 2.99. The van der Waals surface area contributed by atoms with Crippen LogP contribution in [0, 0.1) is 0 Å². The average molecular weight is 160 g/mol. The van der Waals surface area contributed by atoms with E-state index in [1.807, 2.05) is 0 Å². The molecule has 0 N–H and O–H groups in total. The van der Waals surface area contributed by atoms with Gasteiger partial charge in [-0.05, 0) is 42.7 Å². The van der Waals surface area contributed by atoms with Gasteiger partial charge in [-0.1, -0.05) is 31.2 Å². The minimum Gasteiger partial charge on any atom is -0.0648 e. The van der Waals surface area contributed by atoms with Crippen molar-refractivity contribution in [2.75, 3.05) is 0 Å². The van der Waals surface area contributed by atoms with E-state index in [0.717, 1.165) is 5.92 Å². The molecule has 1 aliphatic rings. The third-order valence-corrected chi connectivity index (χ3v) is 2.99. The van der Waals surface area contributed by atoms with Crippen LogP contribution >= 0.6 is 0 Å². The molecule has 1 atom stereocenters. The van der Waals surface area contributed by atoms with Gasteiger partial charge in [0.15, 0.2) is 0 Å². The Bertz CT molecular complexity index is 262. The van der Waals surface area contributed by atoms with Crippen molar-refractivity contribution in [1.82, 2.24) is 0 Å². The van der Waals surface area contributed by atoms with Gasteiger partial charge in [0.2, 0.25) is 0 Å². The van der Waals surface area contributed by atoms with E-state index in [1.54, 1.807) is 11.1 Å². The number of rotatable bonds is 1. The summed E-state index contributed by atoms with van der Waals surface area (Å²) in [5.74, 6) is 0.843. The Morgan fingerprint density at radius 3 is 3.00 bits per heavy atom. The molecule has 0 spiro atoms. The minimum absolute atomic E-state index is 0.843. The van der Waals surface area contributed by atoms with Gasteiger partial charge in [-0.15, -0.1) is 0 Å². The van der Waals surface area contributed by atoms with Gasteiger partial charge in [0.1, 0.15) is 0 Å².